The molecule has 0 amide bonds. The van der Waals surface area contributed by atoms with Crippen molar-refractivity contribution >= 4 is 5.78 Å². The molecule has 14 heavy (non-hydrogen) atoms. The fourth-order valence-corrected chi connectivity index (χ4v) is 1.29. The Kier molecular flexibility index (Phi) is 3.84. The zero-order valence-corrected chi connectivity index (χ0v) is 8.97. The van der Waals surface area contributed by atoms with E-state index in [1.54, 1.807) is 6.92 Å². The summed E-state index contributed by atoms with van der Waals surface area (Å²) in [6.45, 7) is 9.18. The van der Waals surface area contributed by atoms with Gasteiger partial charge in [-0.25, -0.2) is 0 Å². The number of allylic oxidation sites excluding steroid dienone is 1. The first kappa shape index (κ1) is 11.4. The number of ether oxygens (including phenoxy) is 2. The minimum Gasteiger partial charge on any atom is -0.375 e. The minimum absolute atomic E-state index is 0.0801. The van der Waals surface area contributed by atoms with Gasteiger partial charge in [-0.1, -0.05) is 13.5 Å². The average Bonchev–Trinajstić information content (AvgIpc) is 2.09. The molecule has 0 aliphatic carbocycles. The van der Waals surface area contributed by atoms with Gasteiger partial charge in [0, 0.05) is 6.42 Å². The number of carbonyl (C=O) groups excluding carboxylic acids is 1. The highest BCUT2D eigenvalue weighted by Gasteiger charge is 2.37. The zero-order chi connectivity index (χ0) is 10.6. The Balaban J connectivity index is 2.20. The van der Waals surface area contributed by atoms with E-state index in [1.807, 2.05) is 0 Å². The SMILES string of the molecule is C=C(C)C(=O)CCOC1(CC)COC1. The van der Waals surface area contributed by atoms with Crippen molar-refractivity contribution in [1.29, 1.82) is 0 Å². The summed E-state index contributed by atoms with van der Waals surface area (Å²) in [5.74, 6) is 0.0801. The van der Waals surface area contributed by atoms with E-state index in [-0.39, 0.29) is 11.4 Å². The van der Waals surface area contributed by atoms with Gasteiger partial charge >= 0.3 is 0 Å². The molecule has 1 aliphatic rings. The van der Waals surface area contributed by atoms with Crippen LogP contribution < -0.4 is 0 Å². The maximum absolute atomic E-state index is 11.2. The summed E-state index contributed by atoms with van der Waals surface area (Å²) in [5.41, 5.74) is 0.485. The highest BCUT2D eigenvalue weighted by atomic mass is 16.6. The van der Waals surface area contributed by atoms with Crippen LogP contribution in [0, 0.1) is 0 Å². The third-order valence-electron chi connectivity index (χ3n) is 2.59. The number of hydrogen-bond acceptors (Lipinski definition) is 3. The van der Waals surface area contributed by atoms with E-state index in [9.17, 15) is 4.79 Å². The Morgan fingerprint density at radius 3 is 2.57 bits per heavy atom. The van der Waals surface area contributed by atoms with Gasteiger partial charge in [0.05, 0.1) is 19.8 Å². The largest absolute Gasteiger partial charge is 0.375 e. The first-order chi connectivity index (χ1) is 6.59. The van der Waals surface area contributed by atoms with E-state index in [0.29, 0.717) is 31.8 Å². The normalized spacial score (nSPS) is 18.7. The van der Waals surface area contributed by atoms with Crippen molar-refractivity contribution in [2.24, 2.45) is 0 Å². The summed E-state index contributed by atoms with van der Waals surface area (Å²) >= 11 is 0. The molecule has 0 unspecified atom stereocenters. The second-order valence-electron chi connectivity index (χ2n) is 3.83. The van der Waals surface area contributed by atoms with E-state index in [2.05, 4.69) is 13.5 Å². The Bertz CT molecular complexity index is 223. The molecule has 0 bridgehead atoms. The number of hydrogen-bond donors (Lipinski definition) is 0. The molecule has 1 rings (SSSR count). The molecule has 0 spiro atoms. The third kappa shape index (κ3) is 2.66. The number of carbonyl (C=O) groups is 1. The van der Waals surface area contributed by atoms with Gasteiger partial charge in [0.1, 0.15) is 5.60 Å². The lowest BCUT2D eigenvalue weighted by Crippen LogP contribution is -2.51. The molecule has 1 saturated heterocycles. The van der Waals surface area contributed by atoms with Gasteiger partial charge in [0.15, 0.2) is 5.78 Å². The van der Waals surface area contributed by atoms with E-state index in [0.717, 1.165) is 6.42 Å². The minimum atomic E-state index is -0.116. The van der Waals surface area contributed by atoms with Gasteiger partial charge in [0.2, 0.25) is 0 Å². The Morgan fingerprint density at radius 1 is 1.57 bits per heavy atom. The summed E-state index contributed by atoms with van der Waals surface area (Å²) in [6, 6.07) is 0. The van der Waals surface area contributed by atoms with Gasteiger partial charge in [-0.15, -0.1) is 0 Å². The van der Waals surface area contributed by atoms with Crippen LogP contribution in [0.3, 0.4) is 0 Å². The second-order valence-corrected chi connectivity index (χ2v) is 3.83. The molecule has 1 aliphatic heterocycles. The molecule has 1 fully saturated rings. The molecule has 0 radical (unpaired) electrons. The van der Waals surface area contributed by atoms with E-state index in [4.69, 9.17) is 9.47 Å². The van der Waals surface area contributed by atoms with Crippen LogP contribution in [0.1, 0.15) is 26.7 Å². The van der Waals surface area contributed by atoms with E-state index >= 15 is 0 Å². The zero-order valence-electron chi connectivity index (χ0n) is 8.97. The summed E-state index contributed by atoms with van der Waals surface area (Å²) < 4.78 is 10.8. The molecule has 0 aromatic heterocycles. The van der Waals surface area contributed by atoms with Gasteiger partial charge in [-0.05, 0) is 18.9 Å². The summed E-state index contributed by atoms with van der Waals surface area (Å²) in [7, 11) is 0. The lowest BCUT2D eigenvalue weighted by Gasteiger charge is -2.40. The highest BCUT2D eigenvalue weighted by Crippen LogP contribution is 2.25. The van der Waals surface area contributed by atoms with Crippen LogP contribution in [0.2, 0.25) is 0 Å². The standard InChI is InChI=1S/C11H18O3/c1-4-11(7-13-8-11)14-6-5-10(12)9(2)3/h2,4-8H2,1,3H3. The topological polar surface area (TPSA) is 35.5 Å². The lowest BCUT2D eigenvalue weighted by molar-refractivity contribution is -0.210. The third-order valence-corrected chi connectivity index (χ3v) is 2.59. The van der Waals surface area contributed by atoms with Crippen molar-refractivity contribution in [3.63, 3.8) is 0 Å². The maximum atomic E-state index is 11.2. The molecule has 0 N–H and O–H groups in total. The summed E-state index contributed by atoms with van der Waals surface area (Å²) in [5, 5.41) is 0. The molecule has 0 atom stereocenters. The molecular formula is C11H18O3. The van der Waals surface area contributed by atoms with Crippen molar-refractivity contribution in [3.8, 4) is 0 Å². The molecule has 1 heterocycles. The van der Waals surface area contributed by atoms with E-state index < -0.39 is 0 Å². The molecule has 3 heteroatoms. The Hall–Kier alpha value is -0.670. The van der Waals surface area contributed by atoms with Gasteiger partial charge < -0.3 is 9.47 Å². The number of rotatable bonds is 6. The first-order valence-electron chi connectivity index (χ1n) is 5.00. The molecular weight excluding hydrogens is 180 g/mol. The Morgan fingerprint density at radius 2 is 2.21 bits per heavy atom. The van der Waals surface area contributed by atoms with Crippen LogP contribution >= 0.6 is 0 Å². The van der Waals surface area contributed by atoms with Crippen molar-refractivity contribution < 1.29 is 14.3 Å². The van der Waals surface area contributed by atoms with Crippen LogP contribution in [0.25, 0.3) is 0 Å². The number of ketones is 1. The van der Waals surface area contributed by atoms with Crippen LogP contribution in [-0.4, -0.2) is 31.2 Å². The summed E-state index contributed by atoms with van der Waals surface area (Å²) in [6.07, 6.45) is 1.37. The highest BCUT2D eigenvalue weighted by molar-refractivity contribution is 5.94. The quantitative estimate of drug-likeness (QED) is 0.609. The van der Waals surface area contributed by atoms with Crippen molar-refractivity contribution in [3.05, 3.63) is 12.2 Å². The van der Waals surface area contributed by atoms with Gasteiger partial charge in [-0.3, -0.25) is 4.79 Å². The Labute approximate surface area is 85.1 Å². The van der Waals surface area contributed by atoms with Crippen molar-refractivity contribution in [2.75, 3.05) is 19.8 Å². The van der Waals surface area contributed by atoms with E-state index in [1.165, 1.54) is 0 Å². The smallest absolute Gasteiger partial charge is 0.160 e. The van der Waals surface area contributed by atoms with Crippen LogP contribution in [0.15, 0.2) is 12.2 Å². The monoisotopic (exact) mass is 198 g/mol. The average molecular weight is 198 g/mol. The molecule has 3 nitrogen and oxygen atoms in total. The fraction of sp³-hybridized carbons (Fsp3) is 0.727. The van der Waals surface area contributed by atoms with Crippen LogP contribution in [-0.2, 0) is 14.3 Å². The van der Waals surface area contributed by atoms with Crippen molar-refractivity contribution in [1.82, 2.24) is 0 Å². The molecule has 80 valence electrons. The van der Waals surface area contributed by atoms with Gasteiger partial charge in [-0.2, -0.15) is 0 Å². The second kappa shape index (κ2) is 4.71. The lowest BCUT2D eigenvalue weighted by atomic mass is 9.99. The molecule has 0 aromatic rings. The van der Waals surface area contributed by atoms with Crippen molar-refractivity contribution in [2.45, 2.75) is 32.3 Å². The number of Topliss-reactive ketones (excluding diaryl/α,β-unsaturated/α-hetero) is 1. The van der Waals surface area contributed by atoms with Crippen LogP contribution in [0.4, 0.5) is 0 Å². The predicted octanol–water partition coefficient (Wildman–Crippen LogP) is 1.72. The summed E-state index contributed by atoms with van der Waals surface area (Å²) in [4.78, 5) is 11.2. The first-order valence-corrected chi connectivity index (χ1v) is 5.00. The maximum Gasteiger partial charge on any atom is 0.160 e. The van der Waals surface area contributed by atoms with Gasteiger partial charge in [0.25, 0.3) is 0 Å². The fourth-order valence-electron chi connectivity index (χ4n) is 1.29. The molecule has 0 saturated carbocycles. The van der Waals surface area contributed by atoms with Crippen LogP contribution in [0.5, 0.6) is 0 Å². The molecule has 0 aromatic carbocycles. The predicted molar refractivity (Wildman–Crippen MR) is 54.2 cm³/mol.